The molecule has 0 aliphatic carbocycles. The summed E-state index contributed by atoms with van der Waals surface area (Å²) < 4.78 is 0. The van der Waals surface area contributed by atoms with E-state index in [1.165, 1.54) is 0 Å². The first-order valence-corrected chi connectivity index (χ1v) is 6.34. The van der Waals surface area contributed by atoms with Gasteiger partial charge in [0.05, 0.1) is 5.69 Å². The van der Waals surface area contributed by atoms with Gasteiger partial charge in [0, 0.05) is 5.92 Å². The van der Waals surface area contributed by atoms with Crippen LogP contribution in [0.2, 0.25) is 0 Å². The van der Waals surface area contributed by atoms with Gasteiger partial charge in [-0.15, -0.1) is 11.3 Å². The first-order valence-electron chi connectivity index (χ1n) is 5.46. The zero-order valence-electron chi connectivity index (χ0n) is 10.4. The third-order valence-electron chi connectivity index (χ3n) is 2.83. The van der Waals surface area contributed by atoms with Gasteiger partial charge >= 0.3 is 5.97 Å². The van der Waals surface area contributed by atoms with Crippen molar-refractivity contribution in [2.45, 2.75) is 27.7 Å². The van der Waals surface area contributed by atoms with Crippen molar-refractivity contribution in [2.75, 3.05) is 5.32 Å². The summed E-state index contributed by atoms with van der Waals surface area (Å²) in [4.78, 5) is 23.0. The maximum Gasteiger partial charge on any atom is 0.348 e. The maximum absolute atomic E-state index is 11.9. The van der Waals surface area contributed by atoms with Crippen molar-refractivity contribution in [3.05, 3.63) is 15.8 Å². The SMILES string of the molecule is Cc1csc(C(=O)O)c1NC(=O)C(C)C(C)C. The Balaban J connectivity index is 2.92. The molecule has 17 heavy (non-hydrogen) atoms. The minimum Gasteiger partial charge on any atom is -0.477 e. The molecule has 1 rings (SSSR count). The molecule has 0 saturated carbocycles. The molecule has 5 heteroatoms. The van der Waals surface area contributed by atoms with Crippen LogP contribution in [0.15, 0.2) is 5.38 Å². The fourth-order valence-electron chi connectivity index (χ4n) is 1.30. The molecule has 94 valence electrons. The molecule has 0 aromatic carbocycles. The van der Waals surface area contributed by atoms with Crippen molar-refractivity contribution in [3.8, 4) is 0 Å². The molecule has 0 aliphatic heterocycles. The Morgan fingerprint density at radius 2 is 1.94 bits per heavy atom. The number of thiophene rings is 1. The minimum atomic E-state index is -1.00. The van der Waals surface area contributed by atoms with Gasteiger partial charge in [0.2, 0.25) is 5.91 Å². The number of carboxylic acids is 1. The lowest BCUT2D eigenvalue weighted by atomic mass is 9.97. The summed E-state index contributed by atoms with van der Waals surface area (Å²) in [6, 6.07) is 0. The normalized spacial score (nSPS) is 12.5. The topological polar surface area (TPSA) is 66.4 Å². The number of carbonyl (C=O) groups excluding carboxylic acids is 1. The third kappa shape index (κ3) is 3.06. The van der Waals surface area contributed by atoms with Gasteiger partial charge in [-0.2, -0.15) is 0 Å². The molecule has 0 aliphatic rings. The fraction of sp³-hybridized carbons (Fsp3) is 0.500. The van der Waals surface area contributed by atoms with Crippen molar-refractivity contribution in [1.82, 2.24) is 0 Å². The van der Waals surface area contributed by atoms with Crippen LogP contribution in [0.5, 0.6) is 0 Å². The van der Waals surface area contributed by atoms with Gasteiger partial charge in [0.25, 0.3) is 0 Å². The number of anilines is 1. The summed E-state index contributed by atoms with van der Waals surface area (Å²) in [5.41, 5.74) is 1.22. The smallest absolute Gasteiger partial charge is 0.348 e. The lowest BCUT2D eigenvalue weighted by Crippen LogP contribution is -2.25. The molecule has 4 nitrogen and oxygen atoms in total. The van der Waals surface area contributed by atoms with Gasteiger partial charge in [0.1, 0.15) is 4.88 Å². The van der Waals surface area contributed by atoms with E-state index in [1.807, 2.05) is 20.8 Å². The minimum absolute atomic E-state index is 0.135. The highest BCUT2D eigenvalue weighted by molar-refractivity contribution is 7.12. The molecular formula is C12H17NO3S. The van der Waals surface area contributed by atoms with Crippen LogP contribution in [0.25, 0.3) is 0 Å². The molecule has 0 radical (unpaired) electrons. The summed E-state index contributed by atoms with van der Waals surface area (Å²) in [5, 5.41) is 13.4. The van der Waals surface area contributed by atoms with E-state index >= 15 is 0 Å². The Hall–Kier alpha value is -1.36. The van der Waals surface area contributed by atoms with Gasteiger partial charge in [-0.05, 0) is 23.8 Å². The monoisotopic (exact) mass is 255 g/mol. The largest absolute Gasteiger partial charge is 0.477 e. The van der Waals surface area contributed by atoms with Crippen molar-refractivity contribution in [2.24, 2.45) is 11.8 Å². The van der Waals surface area contributed by atoms with Crippen LogP contribution in [-0.4, -0.2) is 17.0 Å². The molecule has 1 atom stereocenters. The predicted molar refractivity (Wildman–Crippen MR) is 68.6 cm³/mol. The van der Waals surface area contributed by atoms with Crippen molar-refractivity contribution >= 4 is 28.9 Å². The standard InChI is InChI=1S/C12H17NO3S/c1-6(2)8(4)11(14)13-9-7(3)5-17-10(9)12(15)16/h5-6,8H,1-4H3,(H,13,14)(H,15,16). The van der Waals surface area contributed by atoms with Crippen LogP contribution >= 0.6 is 11.3 Å². The highest BCUT2D eigenvalue weighted by atomic mass is 32.1. The summed E-state index contributed by atoms with van der Waals surface area (Å²) in [5.74, 6) is -1.06. The molecule has 1 aromatic heterocycles. The number of aryl methyl sites for hydroxylation is 1. The maximum atomic E-state index is 11.9. The highest BCUT2D eigenvalue weighted by Gasteiger charge is 2.21. The van der Waals surface area contributed by atoms with Crippen LogP contribution in [-0.2, 0) is 4.79 Å². The quantitative estimate of drug-likeness (QED) is 0.869. The van der Waals surface area contributed by atoms with Gasteiger partial charge < -0.3 is 10.4 Å². The van der Waals surface area contributed by atoms with E-state index in [4.69, 9.17) is 5.11 Å². The summed E-state index contributed by atoms with van der Waals surface area (Å²) in [6.45, 7) is 7.55. The number of carbonyl (C=O) groups is 2. The van der Waals surface area contributed by atoms with Crippen molar-refractivity contribution in [1.29, 1.82) is 0 Å². The van der Waals surface area contributed by atoms with Crippen LogP contribution < -0.4 is 5.32 Å². The molecule has 1 amide bonds. The Morgan fingerprint density at radius 1 is 1.35 bits per heavy atom. The Kier molecular flexibility index (Phi) is 4.28. The molecule has 0 spiro atoms. The second-order valence-electron chi connectivity index (χ2n) is 4.45. The highest BCUT2D eigenvalue weighted by Crippen LogP contribution is 2.28. The van der Waals surface area contributed by atoms with E-state index in [0.29, 0.717) is 5.69 Å². The number of amides is 1. The first kappa shape index (κ1) is 13.7. The van der Waals surface area contributed by atoms with Gasteiger partial charge in [0.15, 0.2) is 0 Å². The third-order valence-corrected chi connectivity index (χ3v) is 3.92. The lowest BCUT2D eigenvalue weighted by Gasteiger charge is -2.15. The number of nitrogens with one attached hydrogen (secondary N) is 1. The molecule has 2 N–H and O–H groups in total. The van der Waals surface area contributed by atoms with E-state index in [-0.39, 0.29) is 22.6 Å². The molecule has 0 fully saturated rings. The number of aromatic carboxylic acids is 1. The second-order valence-corrected chi connectivity index (χ2v) is 5.33. The molecular weight excluding hydrogens is 238 g/mol. The number of carboxylic acid groups (broad SMARTS) is 1. The molecule has 0 saturated heterocycles. The second kappa shape index (κ2) is 5.31. The van der Waals surface area contributed by atoms with E-state index in [2.05, 4.69) is 5.32 Å². The molecule has 0 bridgehead atoms. The molecule has 1 heterocycles. The number of rotatable bonds is 4. The molecule has 1 unspecified atom stereocenters. The van der Waals surface area contributed by atoms with Gasteiger partial charge in [-0.1, -0.05) is 20.8 Å². The van der Waals surface area contributed by atoms with Crippen LogP contribution in [0.4, 0.5) is 5.69 Å². The zero-order valence-corrected chi connectivity index (χ0v) is 11.2. The van der Waals surface area contributed by atoms with Gasteiger partial charge in [-0.25, -0.2) is 4.79 Å². The average molecular weight is 255 g/mol. The van der Waals surface area contributed by atoms with Crippen LogP contribution in [0, 0.1) is 18.8 Å². The zero-order chi connectivity index (χ0) is 13.2. The summed E-state index contributed by atoms with van der Waals surface area (Å²) in [7, 11) is 0. The van der Waals surface area contributed by atoms with Crippen LogP contribution in [0.1, 0.15) is 36.0 Å². The summed E-state index contributed by atoms with van der Waals surface area (Å²) >= 11 is 1.13. The predicted octanol–water partition coefficient (Wildman–Crippen LogP) is 2.99. The average Bonchev–Trinajstić information content (AvgIpc) is 2.59. The number of hydrogen-bond acceptors (Lipinski definition) is 3. The van der Waals surface area contributed by atoms with E-state index in [9.17, 15) is 9.59 Å². The Labute approximate surface area is 105 Å². The van der Waals surface area contributed by atoms with Crippen molar-refractivity contribution in [3.63, 3.8) is 0 Å². The Bertz CT molecular complexity index is 437. The fourth-order valence-corrected chi connectivity index (χ4v) is 2.14. The first-order chi connectivity index (χ1) is 7.84. The van der Waals surface area contributed by atoms with Gasteiger partial charge in [-0.3, -0.25) is 4.79 Å². The number of hydrogen-bond donors (Lipinski definition) is 2. The van der Waals surface area contributed by atoms with E-state index in [0.717, 1.165) is 16.9 Å². The van der Waals surface area contributed by atoms with E-state index in [1.54, 1.807) is 12.3 Å². The van der Waals surface area contributed by atoms with Crippen LogP contribution in [0.3, 0.4) is 0 Å². The Morgan fingerprint density at radius 3 is 2.41 bits per heavy atom. The summed E-state index contributed by atoms with van der Waals surface area (Å²) in [6.07, 6.45) is 0. The van der Waals surface area contributed by atoms with Crippen molar-refractivity contribution < 1.29 is 14.7 Å². The molecule has 1 aromatic rings. The van der Waals surface area contributed by atoms with E-state index < -0.39 is 5.97 Å². The lowest BCUT2D eigenvalue weighted by molar-refractivity contribution is -0.120.